The molecule has 0 radical (unpaired) electrons. The average Bonchev–Trinajstić information content (AvgIpc) is 3.95. The lowest BCUT2D eigenvalue weighted by Gasteiger charge is -2.51. The maximum Gasteiger partial charge on any atom is 0.329 e. The van der Waals surface area contributed by atoms with Crippen molar-refractivity contribution in [2.75, 3.05) is 62.7 Å². The van der Waals surface area contributed by atoms with E-state index in [1.54, 1.807) is 25.4 Å². The molecule has 2 N–H and O–H groups in total. The fourth-order valence-electron chi connectivity index (χ4n) is 10.4. The molecule has 1 saturated carbocycles. The molecular formula is C42H48F4N12O5. The molecule has 4 saturated heterocycles. The predicted octanol–water partition coefficient (Wildman–Crippen LogP) is 3.88. The van der Waals surface area contributed by atoms with Crippen LogP contribution in [0, 0.1) is 0 Å². The Morgan fingerprint density at radius 3 is 2.46 bits per heavy atom. The monoisotopic (exact) mass is 876 g/mol. The number of carbonyl (C=O) groups excluding carboxylic acids is 3. The number of aromatic nitrogens is 7. The van der Waals surface area contributed by atoms with E-state index in [2.05, 4.69) is 25.8 Å². The van der Waals surface area contributed by atoms with E-state index >= 15 is 8.78 Å². The second-order valence-electron chi connectivity index (χ2n) is 17.4. The number of alkyl halides is 4. The summed E-state index contributed by atoms with van der Waals surface area (Å²) in [5.41, 5.74) is 1.48. The van der Waals surface area contributed by atoms with Crippen LogP contribution in [0.5, 0.6) is 0 Å². The highest BCUT2D eigenvalue weighted by Crippen LogP contribution is 2.42. The van der Waals surface area contributed by atoms with Crippen molar-refractivity contribution in [2.45, 2.75) is 87.4 Å². The number of hydrogen-bond donors (Lipinski definition) is 2. The smallest absolute Gasteiger partial charge is 0.329 e. The number of imide groups is 1. The van der Waals surface area contributed by atoms with E-state index in [9.17, 15) is 28.0 Å². The number of nitrogens with one attached hydrogen (secondary N) is 2. The number of halogens is 4. The molecule has 63 heavy (non-hydrogen) atoms. The number of amides is 3. The Kier molecular flexibility index (Phi) is 10.6. The van der Waals surface area contributed by atoms with Gasteiger partial charge in [-0.05, 0) is 56.2 Å². The van der Waals surface area contributed by atoms with Gasteiger partial charge in [0.1, 0.15) is 17.4 Å². The second-order valence-corrected chi connectivity index (χ2v) is 17.4. The van der Waals surface area contributed by atoms with Crippen LogP contribution in [-0.2, 0) is 21.4 Å². The quantitative estimate of drug-likeness (QED) is 0.163. The summed E-state index contributed by atoms with van der Waals surface area (Å²) < 4.78 is 72.0. The first-order valence-electron chi connectivity index (χ1n) is 21.6. The van der Waals surface area contributed by atoms with Crippen LogP contribution in [-0.4, -0.2) is 132 Å². The van der Waals surface area contributed by atoms with Gasteiger partial charge in [-0.25, -0.2) is 31.9 Å². The zero-order valence-electron chi connectivity index (χ0n) is 34.6. The Hall–Kier alpha value is -5.67. The summed E-state index contributed by atoms with van der Waals surface area (Å²) in [5.74, 6) is -3.94. The molecule has 5 fully saturated rings. The van der Waals surface area contributed by atoms with Crippen LogP contribution >= 0.6 is 0 Å². The van der Waals surface area contributed by atoms with E-state index < -0.39 is 41.9 Å². The number of benzene rings is 1. The van der Waals surface area contributed by atoms with E-state index in [1.165, 1.54) is 30.7 Å². The third-order valence-electron chi connectivity index (χ3n) is 13.7. The molecule has 3 amide bonds. The highest BCUT2D eigenvalue weighted by Gasteiger charge is 2.52. The Labute approximate surface area is 357 Å². The summed E-state index contributed by atoms with van der Waals surface area (Å²) in [6.07, 6.45) is 4.41. The van der Waals surface area contributed by atoms with E-state index in [4.69, 9.17) is 4.74 Å². The zero-order valence-corrected chi connectivity index (χ0v) is 34.6. The van der Waals surface area contributed by atoms with Crippen LogP contribution in [0.3, 0.4) is 0 Å². The molecule has 5 aliphatic rings. The number of morpholine rings is 1. The molecule has 4 aliphatic heterocycles. The van der Waals surface area contributed by atoms with Gasteiger partial charge in [0, 0.05) is 70.5 Å². The van der Waals surface area contributed by atoms with Gasteiger partial charge < -0.3 is 15.0 Å². The molecule has 2 atom stereocenters. The second kappa shape index (κ2) is 16.2. The van der Waals surface area contributed by atoms with Crippen molar-refractivity contribution < 1.29 is 36.7 Å². The lowest BCUT2D eigenvalue weighted by Crippen LogP contribution is -2.64. The van der Waals surface area contributed by atoms with Gasteiger partial charge in [0.2, 0.25) is 11.8 Å². The topological polar surface area (TPSA) is 169 Å². The molecule has 0 bridgehead atoms. The molecule has 21 heteroatoms. The Bertz CT molecular complexity index is 2640. The van der Waals surface area contributed by atoms with Crippen LogP contribution in [0.25, 0.3) is 16.7 Å². The number of imidazole rings is 1. The van der Waals surface area contributed by atoms with Crippen molar-refractivity contribution in [1.82, 2.24) is 48.6 Å². The van der Waals surface area contributed by atoms with Gasteiger partial charge in [-0.1, -0.05) is 12.1 Å². The van der Waals surface area contributed by atoms with Gasteiger partial charge in [-0.2, -0.15) is 10.2 Å². The third-order valence-corrected chi connectivity index (χ3v) is 13.7. The van der Waals surface area contributed by atoms with Crippen LogP contribution in [0.1, 0.15) is 91.0 Å². The number of rotatable bonds is 9. The first kappa shape index (κ1) is 41.3. The van der Waals surface area contributed by atoms with E-state index in [0.717, 1.165) is 5.56 Å². The summed E-state index contributed by atoms with van der Waals surface area (Å²) >= 11 is 0. The summed E-state index contributed by atoms with van der Waals surface area (Å²) in [5, 5.41) is 13.4. The molecule has 1 aromatic carbocycles. The minimum absolute atomic E-state index is 0.0837. The minimum Gasteiger partial charge on any atom is -0.378 e. The summed E-state index contributed by atoms with van der Waals surface area (Å²) in [4.78, 5) is 61.8. The minimum atomic E-state index is -2.98. The number of hydrogen-bond acceptors (Lipinski definition) is 11. The van der Waals surface area contributed by atoms with Crippen LogP contribution < -0.4 is 21.2 Å². The Balaban J connectivity index is 0.758. The van der Waals surface area contributed by atoms with Crippen LogP contribution in [0.2, 0.25) is 0 Å². The number of para-hydroxylation sites is 1. The van der Waals surface area contributed by atoms with Crippen LogP contribution in [0.4, 0.5) is 29.1 Å². The molecule has 10 rings (SSSR count). The van der Waals surface area contributed by atoms with Gasteiger partial charge in [0.25, 0.3) is 18.3 Å². The maximum atomic E-state index is 16.1. The molecule has 334 valence electrons. The number of carbonyl (C=O) groups is 3. The lowest BCUT2D eigenvalue weighted by molar-refractivity contribution is -0.151. The fourth-order valence-corrected chi connectivity index (χ4v) is 10.4. The zero-order chi connectivity index (χ0) is 43.7. The number of fused-ring (bicyclic) bond motifs is 2. The molecule has 0 spiro atoms. The number of likely N-dealkylation sites (tertiary alicyclic amines) is 2. The molecule has 17 nitrogen and oxygen atoms in total. The number of anilines is 2. The fraction of sp³-hybridized carbons (Fsp3) is 0.548. The van der Waals surface area contributed by atoms with Crippen molar-refractivity contribution in [3.8, 4) is 0 Å². The highest BCUT2D eigenvalue weighted by atomic mass is 19.3. The number of aryl methyl sites for hydroxylation is 1. The SMILES string of the molecule is Cn1c(=O)n(C2CCC(=O)NC2=O)c2cccc(C3CN([C@H]4CCN(C5CCC(n6cc(NC(=O)c7cnn8ccc(N9CCOCC9)nc78)c(C(F)F)n6)CC5)CC4(F)F)C3)c21. The van der Waals surface area contributed by atoms with Crippen molar-refractivity contribution in [1.29, 1.82) is 0 Å². The lowest BCUT2D eigenvalue weighted by atomic mass is 9.84. The van der Waals surface area contributed by atoms with Gasteiger partial charge in [0.15, 0.2) is 11.3 Å². The van der Waals surface area contributed by atoms with E-state index in [1.807, 2.05) is 26.8 Å². The molecule has 1 aliphatic carbocycles. The molecule has 5 aromatic rings. The van der Waals surface area contributed by atoms with Gasteiger partial charge in [-0.3, -0.25) is 43.3 Å². The standard InChI is InChI=1S/C42H48F4N12O5/c1-52-36-27(3-2-4-30(36)58(41(52)62)31-9-10-34(59)50-40(31)61)24-20-55(21-24)32-11-13-54(23-42(32,45)46)25-5-7-26(8-6-25)57-22-29(35(51-57)37(43)44)48-39(60)28-19-47-56-14-12-33(49-38(28)56)53-15-17-63-18-16-53/h2-4,12,14,19,22,24-26,31-32,37H,5-11,13,15-18,20-21,23H2,1H3,(H,48,60)(H,50,59,61)/t25?,26?,31?,32-/m0/s1. The first-order chi connectivity index (χ1) is 30.3. The molecule has 1 unspecified atom stereocenters. The normalized spacial score (nSPS) is 25.2. The highest BCUT2D eigenvalue weighted by molar-refractivity contribution is 6.08. The average molecular weight is 877 g/mol. The summed E-state index contributed by atoms with van der Waals surface area (Å²) in [6, 6.07) is 5.19. The summed E-state index contributed by atoms with van der Waals surface area (Å²) in [7, 11) is 1.64. The van der Waals surface area contributed by atoms with E-state index in [0.29, 0.717) is 88.5 Å². The number of nitrogens with zero attached hydrogens (tertiary/aromatic N) is 10. The predicted molar refractivity (Wildman–Crippen MR) is 220 cm³/mol. The van der Waals surface area contributed by atoms with Crippen molar-refractivity contribution >= 4 is 45.9 Å². The molecule has 8 heterocycles. The third kappa shape index (κ3) is 7.46. The summed E-state index contributed by atoms with van der Waals surface area (Å²) in [6.45, 7) is 3.31. The molecule has 4 aromatic heterocycles. The van der Waals surface area contributed by atoms with Crippen molar-refractivity contribution in [3.63, 3.8) is 0 Å². The first-order valence-corrected chi connectivity index (χ1v) is 21.6. The van der Waals surface area contributed by atoms with Gasteiger partial charge >= 0.3 is 5.69 Å². The van der Waals surface area contributed by atoms with Crippen molar-refractivity contribution in [3.05, 3.63) is 70.2 Å². The van der Waals surface area contributed by atoms with E-state index in [-0.39, 0.29) is 72.3 Å². The van der Waals surface area contributed by atoms with Crippen molar-refractivity contribution in [2.24, 2.45) is 7.05 Å². The molecular weight excluding hydrogens is 829 g/mol. The number of piperidine rings is 2. The van der Waals surface area contributed by atoms with Gasteiger partial charge in [0.05, 0.1) is 54.8 Å². The number of ether oxygens (including phenoxy) is 1. The Morgan fingerprint density at radius 1 is 0.968 bits per heavy atom. The van der Waals surface area contributed by atoms with Crippen LogP contribution in [0.15, 0.2) is 47.7 Å². The largest absolute Gasteiger partial charge is 0.378 e. The van der Waals surface area contributed by atoms with Gasteiger partial charge in [-0.15, -0.1) is 0 Å². The Morgan fingerprint density at radius 2 is 1.73 bits per heavy atom. The maximum absolute atomic E-state index is 16.1.